The van der Waals surface area contributed by atoms with Crippen LogP contribution in [0.1, 0.15) is 11.1 Å². The number of anilines is 1. The molecule has 0 unspecified atom stereocenters. The van der Waals surface area contributed by atoms with Crippen LogP contribution in [0.3, 0.4) is 0 Å². The van der Waals surface area contributed by atoms with Crippen molar-refractivity contribution in [2.75, 3.05) is 19.0 Å². The highest BCUT2D eigenvalue weighted by molar-refractivity contribution is 5.92. The molecule has 0 saturated heterocycles. The topological polar surface area (TPSA) is 91.8 Å². The highest BCUT2D eigenvalue weighted by atomic mass is 19.4. The number of benzene rings is 2. The van der Waals surface area contributed by atoms with E-state index in [1.807, 2.05) is 0 Å². The zero-order valence-electron chi connectivity index (χ0n) is 14.7. The molecule has 0 aliphatic carbocycles. The maximum Gasteiger partial charge on any atom is 0.416 e. The number of nitrogens with one attached hydrogen (secondary N) is 3. The first-order valence-corrected chi connectivity index (χ1v) is 7.96. The van der Waals surface area contributed by atoms with Gasteiger partial charge in [0.05, 0.1) is 18.9 Å². The quantitative estimate of drug-likeness (QED) is 0.520. The lowest BCUT2D eigenvalue weighted by atomic mass is 10.2. The summed E-state index contributed by atoms with van der Waals surface area (Å²) in [5.74, 6) is 0.0705. The average Bonchev–Trinajstić information content (AvgIpc) is 2.66. The minimum absolute atomic E-state index is 0.0507. The van der Waals surface area contributed by atoms with Gasteiger partial charge in [0.15, 0.2) is 0 Å². The number of nitrogens with zero attached hydrogens (tertiary/aromatic N) is 1. The molecule has 7 nitrogen and oxygen atoms in total. The summed E-state index contributed by atoms with van der Waals surface area (Å²) in [5.41, 5.74) is 1.99. The van der Waals surface area contributed by atoms with Crippen LogP contribution in [-0.2, 0) is 11.0 Å². The average molecular weight is 394 g/mol. The lowest BCUT2D eigenvalue weighted by Gasteiger charge is -2.10. The van der Waals surface area contributed by atoms with Gasteiger partial charge in [-0.3, -0.25) is 4.79 Å². The van der Waals surface area contributed by atoms with Crippen molar-refractivity contribution in [3.63, 3.8) is 0 Å². The molecule has 2 rings (SSSR count). The molecule has 0 aromatic heterocycles. The van der Waals surface area contributed by atoms with E-state index < -0.39 is 30.2 Å². The number of ether oxygens (including phenoxy) is 1. The molecule has 3 amide bonds. The first-order valence-electron chi connectivity index (χ1n) is 7.96. The number of urea groups is 1. The van der Waals surface area contributed by atoms with Crippen molar-refractivity contribution in [3.05, 3.63) is 59.7 Å². The fourth-order valence-corrected chi connectivity index (χ4v) is 2.02. The van der Waals surface area contributed by atoms with Gasteiger partial charge in [-0.1, -0.05) is 6.07 Å². The summed E-state index contributed by atoms with van der Waals surface area (Å²) < 4.78 is 42.9. The highest BCUT2D eigenvalue weighted by Crippen LogP contribution is 2.30. The minimum Gasteiger partial charge on any atom is -0.497 e. The predicted octanol–water partition coefficient (Wildman–Crippen LogP) is 2.99. The van der Waals surface area contributed by atoms with E-state index in [1.54, 1.807) is 31.4 Å². The Kier molecular flexibility index (Phi) is 6.96. The summed E-state index contributed by atoms with van der Waals surface area (Å²) in [4.78, 5) is 23.3. The van der Waals surface area contributed by atoms with Gasteiger partial charge in [-0.25, -0.2) is 10.2 Å². The van der Waals surface area contributed by atoms with Crippen LogP contribution in [0, 0.1) is 0 Å². The fourth-order valence-electron chi connectivity index (χ4n) is 2.02. The number of carbonyl (C=O) groups excluding carboxylic acids is 2. The molecule has 0 fully saturated rings. The van der Waals surface area contributed by atoms with Crippen molar-refractivity contribution in [1.29, 1.82) is 0 Å². The van der Waals surface area contributed by atoms with Crippen LogP contribution < -0.4 is 20.8 Å². The van der Waals surface area contributed by atoms with Gasteiger partial charge >= 0.3 is 12.2 Å². The van der Waals surface area contributed by atoms with Gasteiger partial charge in [0.2, 0.25) is 0 Å². The number of alkyl halides is 3. The van der Waals surface area contributed by atoms with E-state index in [0.717, 1.165) is 17.7 Å². The standard InChI is InChI=1S/C18H17F3N4O3/c1-28-15-7-5-12(6-8-15)10-23-25-16(26)11-22-17(27)24-14-4-2-3-13(9-14)18(19,20)21/h2-10H,11H2,1H3,(H,25,26)(H2,22,24,27). The predicted molar refractivity (Wildman–Crippen MR) is 97.2 cm³/mol. The van der Waals surface area contributed by atoms with Gasteiger partial charge in [0, 0.05) is 5.69 Å². The number of rotatable bonds is 6. The monoisotopic (exact) mass is 394 g/mol. The molecule has 0 heterocycles. The number of hydrogen-bond acceptors (Lipinski definition) is 4. The molecule has 2 aromatic carbocycles. The Morgan fingerprint density at radius 1 is 1.14 bits per heavy atom. The lowest BCUT2D eigenvalue weighted by Crippen LogP contribution is -2.37. The van der Waals surface area contributed by atoms with Gasteiger partial charge < -0.3 is 15.4 Å². The summed E-state index contributed by atoms with van der Waals surface area (Å²) in [7, 11) is 1.54. The first kappa shape index (κ1) is 20.7. The Hall–Kier alpha value is -3.56. The molecule has 0 atom stereocenters. The fraction of sp³-hybridized carbons (Fsp3) is 0.167. The summed E-state index contributed by atoms with van der Waals surface area (Å²) in [6.07, 6.45) is -3.12. The largest absolute Gasteiger partial charge is 0.497 e. The number of methoxy groups -OCH3 is 1. The van der Waals surface area contributed by atoms with Gasteiger partial charge in [0.25, 0.3) is 5.91 Å². The molecule has 0 bridgehead atoms. The molecule has 0 aliphatic rings. The summed E-state index contributed by atoms with van der Waals surface area (Å²) in [6, 6.07) is 10.2. The van der Waals surface area contributed by atoms with Crippen molar-refractivity contribution in [2.45, 2.75) is 6.18 Å². The van der Waals surface area contributed by atoms with Crippen molar-refractivity contribution >= 4 is 23.8 Å². The number of hydrazone groups is 1. The summed E-state index contributed by atoms with van der Waals surface area (Å²) in [5, 5.41) is 8.18. The van der Waals surface area contributed by atoms with Crippen LogP contribution in [-0.4, -0.2) is 31.8 Å². The number of carbonyl (C=O) groups is 2. The zero-order chi connectivity index (χ0) is 20.6. The zero-order valence-corrected chi connectivity index (χ0v) is 14.7. The maximum absolute atomic E-state index is 12.6. The normalized spacial score (nSPS) is 11.1. The van der Waals surface area contributed by atoms with Crippen LogP contribution >= 0.6 is 0 Å². The van der Waals surface area contributed by atoms with Crippen molar-refractivity contribution < 1.29 is 27.5 Å². The molecule has 10 heteroatoms. The number of hydrogen-bond donors (Lipinski definition) is 3. The Morgan fingerprint density at radius 2 is 1.86 bits per heavy atom. The van der Waals surface area contributed by atoms with Crippen LogP contribution in [0.4, 0.5) is 23.7 Å². The SMILES string of the molecule is COc1ccc(C=NNC(=O)CNC(=O)Nc2cccc(C(F)(F)F)c2)cc1. The second-order valence-corrected chi connectivity index (χ2v) is 5.45. The van der Waals surface area contributed by atoms with Gasteiger partial charge in [-0.15, -0.1) is 0 Å². The van der Waals surface area contributed by atoms with E-state index in [9.17, 15) is 22.8 Å². The smallest absolute Gasteiger partial charge is 0.416 e. The Bertz CT molecular complexity index is 852. The minimum atomic E-state index is -4.52. The Labute approximate surface area is 158 Å². The molecule has 3 N–H and O–H groups in total. The van der Waals surface area contributed by atoms with E-state index in [4.69, 9.17) is 4.74 Å². The number of halogens is 3. The van der Waals surface area contributed by atoms with Crippen LogP contribution in [0.25, 0.3) is 0 Å². The van der Waals surface area contributed by atoms with Gasteiger partial charge in [0.1, 0.15) is 12.3 Å². The summed E-state index contributed by atoms with van der Waals surface area (Å²) in [6.45, 7) is -0.412. The lowest BCUT2D eigenvalue weighted by molar-refractivity contribution is -0.137. The van der Waals surface area contributed by atoms with E-state index in [1.165, 1.54) is 18.3 Å². The second kappa shape index (κ2) is 9.40. The molecule has 0 saturated carbocycles. The van der Waals surface area contributed by atoms with Gasteiger partial charge in [-0.05, 0) is 48.0 Å². The molecule has 148 valence electrons. The Morgan fingerprint density at radius 3 is 2.50 bits per heavy atom. The molecule has 0 aliphatic heterocycles. The van der Waals surface area contributed by atoms with E-state index in [-0.39, 0.29) is 5.69 Å². The number of amides is 3. The molecule has 0 radical (unpaired) electrons. The van der Waals surface area contributed by atoms with Crippen molar-refractivity contribution in [3.8, 4) is 5.75 Å². The van der Waals surface area contributed by atoms with Crippen LogP contribution in [0.2, 0.25) is 0 Å². The molecule has 2 aromatic rings. The van der Waals surface area contributed by atoms with E-state index in [2.05, 4.69) is 21.2 Å². The molecular formula is C18H17F3N4O3. The first-order chi connectivity index (χ1) is 13.3. The van der Waals surface area contributed by atoms with Crippen LogP contribution in [0.5, 0.6) is 5.75 Å². The van der Waals surface area contributed by atoms with E-state index >= 15 is 0 Å². The van der Waals surface area contributed by atoms with Crippen LogP contribution in [0.15, 0.2) is 53.6 Å². The maximum atomic E-state index is 12.6. The third kappa shape index (κ3) is 6.63. The molecule has 0 spiro atoms. The summed E-state index contributed by atoms with van der Waals surface area (Å²) >= 11 is 0. The molecule has 28 heavy (non-hydrogen) atoms. The van der Waals surface area contributed by atoms with E-state index in [0.29, 0.717) is 5.75 Å². The highest BCUT2D eigenvalue weighted by Gasteiger charge is 2.30. The third-order valence-corrected chi connectivity index (χ3v) is 3.38. The third-order valence-electron chi connectivity index (χ3n) is 3.38. The van der Waals surface area contributed by atoms with Crippen molar-refractivity contribution in [1.82, 2.24) is 10.7 Å². The van der Waals surface area contributed by atoms with Crippen molar-refractivity contribution in [2.24, 2.45) is 5.10 Å². The Balaban J connectivity index is 1.77. The second-order valence-electron chi connectivity index (χ2n) is 5.45. The molecular weight excluding hydrogens is 377 g/mol. The van der Waals surface area contributed by atoms with Gasteiger partial charge in [-0.2, -0.15) is 18.3 Å².